The van der Waals surface area contributed by atoms with E-state index in [0.29, 0.717) is 41.3 Å². The zero-order chi connectivity index (χ0) is 32.0. The zero-order valence-electron chi connectivity index (χ0n) is 24.3. The van der Waals surface area contributed by atoms with Crippen molar-refractivity contribution in [2.75, 3.05) is 26.7 Å². The molecule has 6 nitrogen and oxygen atoms in total. The van der Waals surface area contributed by atoms with Crippen molar-refractivity contribution in [3.05, 3.63) is 57.9 Å². The molecule has 0 radical (unpaired) electrons. The average Bonchev–Trinajstić information content (AvgIpc) is 3.19. The van der Waals surface area contributed by atoms with Crippen LogP contribution in [-0.4, -0.2) is 73.0 Å². The van der Waals surface area contributed by atoms with Crippen molar-refractivity contribution in [3.8, 4) is 5.75 Å². The van der Waals surface area contributed by atoms with Crippen molar-refractivity contribution in [1.82, 2.24) is 9.80 Å². The third-order valence-electron chi connectivity index (χ3n) is 8.24. The van der Waals surface area contributed by atoms with Crippen LogP contribution in [0.4, 0.5) is 35.5 Å². The first-order valence-corrected chi connectivity index (χ1v) is 13.8. The highest BCUT2D eigenvalue weighted by Gasteiger charge is 2.48. The number of carbonyl (C=O) groups is 2. The van der Waals surface area contributed by atoms with E-state index in [9.17, 15) is 40.3 Å². The summed E-state index contributed by atoms with van der Waals surface area (Å²) in [5.41, 5.74) is -0.490. The van der Waals surface area contributed by atoms with Crippen molar-refractivity contribution in [2.24, 2.45) is 5.92 Å². The third kappa shape index (κ3) is 6.70. The number of halogens is 7. The molecule has 0 spiro atoms. The molecule has 3 aliphatic rings. The third-order valence-corrected chi connectivity index (χ3v) is 8.24. The van der Waals surface area contributed by atoms with Crippen LogP contribution in [0.3, 0.4) is 0 Å². The van der Waals surface area contributed by atoms with E-state index in [1.165, 1.54) is 31.9 Å². The summed E-state index contributed by atoms with van der Waals surface area (Å²) in [4.78, 5) is 28.2. The molecule has 1 fully saturated rings. The number of hydrogen-bond acceptors (Lipinski definition) is 4. The number of allylic oxidation sites excluding steroid dienone is 3. The lowest BCUT2D eigenvalue weighted by Gasteiger charge is -2.34. The van der Waals surface area contributed by atoms with E-state index in [0.717, 1.165) is 0 Å². The van der Waals surface area contributed by atoms with Crippen molar-refractivity contribution in [2.45, 2.75) is 71.0 Å². The van der Waals surface area contributed by atoms with Crippen LogP contribution in [0.15, 0.2) is 41.0 Å². The van der Waals surface area contributed by atoms with E-state index >= 15 is 0 Å². The van der Waals surface area contributed by atoms with Crippen LogP contribution in [-0.2, 0) is 9.53 Å². The molecule has 4 rings (SSSR count). The molecule has 0 saturated carbocycles. The van der Waals surface area contributed by atoms with Gasteiger partial charge >= 0.3 is 18.4 Å². The molecule has 13 heteroatoms. The highest BCUT2D eigenvalue weighted by Crippen LogP contribution is 2.44. The number of nitrogens with zero attached hydrogens (tertiary/aromatic N) is 2. The minimum atomic E-state index is -5.03. The number of amides is 2. The number of hydrogen-bond donors (Lipinski definition) is 0. The Morgan fingerprint density at radius 2 is 1.81 bits per heavy atom. The van der Waals surface area contributed by atoms with Crippen LogP contribution in [0.25, 0.3) is 5.57 Å². The number of carbonyl (C=O) groups excluding carboxylic acids is 2. The lowest BCUT2D eigenvalue weighted by Crippen LogP contribution is -2.42. The topological polar surface area (TPSA) is 59.1 Å². The van der Waals surface area contributed by atoms with Crippen LogP contribution in [0.5, 0.6) is 5.75 Å². The van der Waals surface area contributed by atoms with Crippen molar-refractivity contribution < 1.29 is 49.8 Å². The molecule has 1 saturated heterocycles. The Balaban J connectivity index is 1.72. The van der Waals surface area contributed by atoms with Crippen LogP contribution in [0.2, 0.25) is 0 Å². The number of rotatable bonds is 6. The molecular weight excluding hydrogens is 585 g/mol. The lowest BCUT2D eigenvalue weighted by molar-refractivity contribution is -0.128. The molecule has 3 unspecified atom stereocenters. The standard InChI is InChI=1S/C30H33F7N2O4/c1-15(2)23-11-24(26(42-5)12-25(23)31)22-6-7-38(17(4)40)13-19(22)14-39-16(3)27(43-28(39)41)18-8-20(29(32,33)34)10-21(9-18)30(35,36)37/h8,10-12,15-16,18,27H,6-7,9,13-14H2,1-5H3. The van der Waals surface area contributed by atoms with Gasteiger partial charge in [0.1, 0.15) is 17.7 Å². The number of benzene rings is 1. The van der Waals surface area contributed by atoms with Crippen LogP contribution >= 0.6 is 0 Å². The van der Waals surface area contributed by atoms with E-state index < -0.39 is 59.9 Å². The van der Waals surface area contributed by atoms with Gasteiger partial charge in [0.2, 0.25) is 5.91 Å². The fourth-order valence-corrected chi connectivity index (χ4v) is 5.90. The van der Waals surface area contributed by atoms with Gasteiger partial charge in [-0.25, -0.2) is 9.18 Å². The molecule has 236 valence electrons. The van der Waals surface area contributed by atoms with Crippen molar-refractivity contribution >= 4 is 17.6 Å². The maximum atomic E-state index is 14.8. The summed E-state index contributed by atoms with van der Waals surface area (Å²) in [6.45, 7) is 6.88. The number of cyclic esters (lactones) is 1. The maximum Gasteiger partial charge on any atom is 0.416 e. The molecule has 2 aliphatic heterocycles. The Labute approximate surface area is 244 Å². The summed E-state index contributed by atoms with van der Waals surface area (Å²) in [7, 11) is 1.39. The van der Waals surface area contributed by atoms with Gasteiger partial charge in [-0.2, -0.15) is 26.3 Å². The Hall–Kier alpha value is -3.51. The molecular formula is C30H33F7N2O4. The van der Waals surface area contributed by atoms with Gasteiger partial charge in [-0.05, 0) is 54.5 Å². The predicted octanol–water partition coefficient (Wildman–Crippen LogP) is 7.17. The second-order valence-electron chi connectivity index (χ2n) is 11.4. The number of methoxy groups -OCH3 is 1. The molecule has 2 amide bonds. The summed E-state index contributed by atoms with van der Waals surface area (Å²) in [5, 5.41) is 0. The Morgan fingerprint density at radius 1 is 1.14 bits per heavy atom. The van der Waals surface area contributed by atoms with E-state index in [1.54, 1.807) is 11.0 Å². The molecule has 3 atom stereocenters. The van der Waals surface area contributed by atoms with Gasteiger partial charge in [0.25, 0.3) is 0 Å². The fraction of sp³-hybridized carbons (Fsp3) is 0.533. The number of alkyl halides is 6. The summed E-state index contributed by atoms with van der Waals surface area (Å²) in [6, 6.07) is 2.04. The maximum absolute atomic E-state index is 14.8. The first-order valence-electron chi connectivity index (χ1n) is 13.8. The van der Waals surface area contributed by atoms with E-state index in [1.807, 2.05) is 13.8 Å². The van der Waals surface area contributed by atoms with E-state index in [2.05, 4.69) is 0 Å². The predicted molar refractivity (Wildman–Crippen MR) is 144 cm³/mol. The Bertz CT molecular complexity index is 1380. The van der Waals surface area contributed by atoms with Gasteiger partial charge in [0, 0.05) is 49.7 Å². The van der Waals surface area contributed by atoms with Gasteiger partial charge < -0.3 is 14.4 Å². The molecule has 1 aromatic rings. The molecule has 43 heavy (non-hydrogen) atoms. The number of ether oxygens (including phenoxy) is 2. The average molecular weight is 619 g/mol. The summed E-state index contributed by atoms with van der Waals surface area (Å²) < 4.78 is 107. The van der Waals surface area contributed by atoms with Gasteiger partial charge in [-0.3, -0.25) is 9.69 Å². The minimum absolute atomic E-state index is 0.0899. The van der Waals surface area contributed by atoms with Crippen molar-refractivity contribution in [1.29, 1.82) is 0 Å². The zero-order valence-corrected chi connectivity index (χ0v) is 24.3. The van der Waals surface area contributed by atoms with Gasteiger partial charge in [-0.1, -0.05) is 19.9 Å². The van der Waals surface area contributed by atoms with Crippen LogP contribution < -0.4 is 4.74 Å². The summed E-state index contributed by atoms with van der Waals surface area (Å²) in [6.07, 6.45) is -11.9. The molecule has 0 aromatic heterocycles. The smallest absolute Gasteiger partial charge is 0.416 e. The van der Waals surface area contributed by atoms with Gasteiger partial charge in [0.15, 0.2) is 0 Å². The first-order chi connectivity index (χ1) is 19.9. The first kappa shape index (κ1) is 32.4. The monoisotopic (exact) mass is 618 g/mol. The molecule has 1 aliphatic carbocycles. The highest BCUT2D eigenvalue weighted by atomic mass is 19.4. The van der Waals surface area contributed by atoms with E-state index in [-0.39, 0.29) is 36.7 Å². The molecule has 0 bridgehead atoms. The summed E-state index contributed by atoms with van der Waals surface area (Å²) >= 11 is 0. The quantitative estimate of drug-likeness (QED) is 0.318. The lowest BCUT2D eigenvalue weighted by atomic mass is 9.83. The van der Waals surface area contributed by atoms with Crippen LogP contribution in [0, 0.1) is 11.7 Å². The molecule has 0 N–H and O–H groups in total. The molecule has 1 aromatic carbocycles. The summed E-state index contributed by atoms with van der Waals surface area (Å²) in [5.74, 6) is -1.97. The largest absolute Gasteiger partial charge is 0.496 e. The fourth-order valence-electron chi connectivity index (χ4n) is 5.90. The van der Waals surface area contributed by atoms with Gasteiger partial charge in [-0.15, -0.1) is 0 Å². The van der Waals surface area contributed by atoms with Crippen LogP contribution in [0.1, 0.15) is 57.6 Å². The van der Waals surface area contributed by atoms with Gasteiger partial charge in [0.05, 0.1) is 18.7 Å². The highest BCUT2D eigenvalue weighted by molar-refractivity contribution is 5.80. The second kappa shape index (κ2) is 11.9. The Morgan fingerprint density at radius 3 is 2.37 bits per heavy atom. The minimum Gasteiger partial charge on any atom is -0.496 e. The molecule has 2 heterocycles. The second-order valence-corrected chi connectivity index (χ2v) is 11.4. The van der Waals surface area contributed by atoms with E-state index in [4.69, 9.17) is 9.47 Å². The Kier molecular flexibility index (Phi) is 8.95. The SMILES string of the molecule is COc1cc(F)c(C(C)C)cc1C1=C(CN2C(=O)OC(C3C=C(C(F)(F)F)C=C(C(F)(F)F)C3)C2C)CN(C(C)=O)CC1. The normalized spacial score (nSPS) is 23.5. The van der Waals surface area contributed by atoms with Crippen molar-refractivity contribution in [3.63, 3.8) is 0 Å².